The van der Waals surface area contributed by atoms with Crippen LogP contribution in [0.1, 0.15) is 0 Å². The van der Waals surface area contributed by atoms with Gasteiger partial charge in [-0.3, -0.25) is 4.99 Å². The molecule has 3 N–H and O–H groups in total. The highest BCUT2D eigenvalue weighted by molar-refractivity contribution is 7.99. The van der Waals surface area contributed by atoms with Crippen LogP contribution in [-0.2, 0) is 0 Å². The van der Waals surface area contributed by atoms with Gasteiger partial charge in [-0.25, -0.2) is 0 Å². The van der Waals surface area contributed by atoms with E-state index >= 15 is 0 Å². The maximum atomic E-state index is 5.52. The molecule has 0 bridgehead atoms. The SMILES string of the molecule is NC1=NC[C@H](CSc2ccccc2)N1. The molecule has 1 heterocycles. The van der Waals surface area contributed by atoms with Gasteiger partial charge in [-0.2, -0.15) is 0 Å². The molecule has 1 aliphatic rings. The molecule has 1 atom stereocenters. The van der Waals surface area contributed by atoms with Crippen molar-refractivity contribution in [2.24, 2.45) is 10.7 Å². The Labute approximate surface area is 87.8 Å². The summed E-state index contributed by atoms with van der Waals surface area (Å²) in [4.78, 5) is 5.39. The van der Waals surface area contributed by atoms with Crippen LogP contribution in [0.15, 0.2) is 40.2 Å². The van der Waals surface area contributed by atoms with Crippen molar-refractivity contribution < 1.29 is 0 Å². The van der Waals surface area contributed by atoms with Gasteiger partial charge in [0.1, 0.15) is 0 Å². The van der Waals surface area contributed by atoms with Gasteiger partial charge in [0.05, 0.1) is 12.6 Å². The molecule has 1 aromatic rings. The molecular weight excluding hydrogens is 194 g/mol. The lowest BCUT2D eigenvalue weighted by Gasteiger charge is -2.09. The zero-order chi connectivity index (χ0) is 9.80. The Hall–Kier alpha value is -1.16. The molecule has 0 unspecified atom stereocenters. The Morgan fingerprint density at radius 2 is 2.21 bits per heavy atom. The molecule has 74 valence electrons. The second-order valence-corrected chi connectivity index (χ2v) is 4.28. The van der Waals surface area contributed by atoms with E-state index in [-0.39, 0.29) is 0 Å². The van der Waals surface area contributed by atoms with Gasteiger partial charge >= 0.3 is 0 Å². The van der Waals surface area contributed by atoms with E-state index < -0.39 is 0 Å². The van der Waals surface area contributed by atoms with Crippen molar-refractivity contribution in [2.75, 3.05) is 12.3 Å². The van der Waals surface area contributed by atoms with Crippen LogP contribution < -0.4 is 11.1 Å². The normalized spacial score (nSPS) is 20.3. The zero-order valence-electron chi connectivity index (χ0n) is 7.81. The number of rotatable bonds is 3. The van der Waals surface area contributed by atoms with Gasteiger partial charge < -0.3 is 11.1 Å². The van der Waals surface area contributed by atoms with Crippen molar-refractivity contribution in [3.05, 3.63) is 30.3 Å². The quantitative estimate of drug-likeness (QED) is 0.729. The molecule has 0 radical (unpaired) electrons. The lowest BCUT2D eigenvalue weighted by molar-refractivity contribution is 0.734. The van der Waals surface area contributed by atoms with Crippen LogP contribution in [0, 0.1) is 0 Å². The first-order valence-electron chi connectivity index (χ1n) is 4.59. The van der Waals surface area contributed by atoms with Gasteiger partial charge in [0.2, 0.25) is 0 Å². The zero-order valence-corrected chi connectivity index (χ0v) is 8.63. The summed E-state index contributed by atoms with van der Waals surface area (Å²) in [5.41, 5.74) is 5.52. The van der Waals surface area contributed by atoms with Crippen LogP contribution in [0.2, 0.25) is 0 Å². The van der Waals surface area contributed by atoms with Gasteiger partial charge in [0, 0.05) is 10.6 Å². The van der Waals surface area contributed by atoms with Crippen molar-refractivity contribution in [2.45, 2.75) is 10.9 Å². The summed E-state index contributed by atoms with van der Waals surface area (Å²) in [5.74, 6) is 1.58. The Morgan fingerprint density at radius 3 is 2.86 bits per heavy atom. The number of nitrogens with one attached hydrogen (secondary N) is 1. The van der Waals surface area contributed by atoms with Crippen molar-refractivity contribution in [3.8, 4) is 0 Å². The molecule has 0 saturated carbocycles. The predicted molar refractivity (Wildman–Crippen MR) is 60.6 cm³/mol. The molecule has 3 nitrogen and oxygen atoms in total. The highest BCUT2D eigenvalue weighted by atomic mass is 32.2. The molecule has 2 rings (SSSR count). The topological polar surface area (TPSA) is 50.4 Å². The predicted octanol–water partition coefficient (Wildman–Crippen LogP) is 1.07. The summed E-state index contributed by atoms with van der Waals surface area (Å²) < 4.78 is 0. The summed E-state index contributed by atoms with van der Waals surface area (Å²) in [5, 5.41) is 3.13. The van der Waals surface area contributed by atoms with E-state index in [1.165, 1.54) is 4.90 Å². The standard InChI is InChI=1S/C10H13N3S/c11-10-12-6-8(13-10)7-14-9-4-2-1-3-5-9/h1-5,8H,6-7H2,(H3,11,12,13)/t8-/m1/s1. The second-order valence-electron chi connectivity index (χ2n) is 3.19. The monoisotopic (exact) mass is 207 g/mol. The third-order valence-electron chi connectivity index (χ3n) is 2.03. The van der Waals surface area contributed by atoms with Crippen LogP contribution in [0.25, 0.3) is 0 Å². The first kappa shape index (κ1) is 9.40. The molecule has 0 spiro atoms. The Balaban J connectivity index is 1.79. The molecule has 1 aliphatic heterocycles. The summed E-state index contributed by atoms with van der Waals surface area (Å²) in [6.45, 7) is 0.797. The highest BCUT2D eigenvalue weighted by Gasteiger charge is 2.14. The van der Waals surface area contributed by atoms with Crippen molar-refractivity contribution in [3.63, 3.8) is 0 Å². The van der Waals surface area contributed by atoms with E-state index in [2.05, 4.69) is 34.6 Å². The molecule has 0 fully saturated rings. The fourth-order valence-corrected chi connectivity index (χ4v) is 2.25. The van der Waals surface area contributed by atoms with E-state index in [4.69, 9.17) is 5.73 Å². The molecule has 1 aromatic carbocycles. The third-order valence-corrected chi connectivity index (χ3v) is 3.20. The minimum atomic E-state index is 0.389. The van der Waals surface area contributed by atoms with E-state index in [1.54, 1.807) is 0 Å². The molecule has 0 amide bonds. The molecular formula is C10H13N3S. The summed E-state index contributed by atoms with van der Waals surface area (Å²) in [6.07, 6.45) is 0. The molecule has 0 saturated heterocycles. The number of aliphatic imine (C=N–C) groups is 1. The number of nitrogens with zero attached hydrogens (tertiary/aromatic N) is 1. The van der Waals surface area contributed by atoms with E-state index in [0.717, 1.165) is 12.3 Å². The van der Waals surface area contributed by atoms with Crippen molar-refractivity contribution >= 4 is 17.7 Å². The minimum Gasteiger partial charge on any atom is -0.370 e. The van der Waals surface area contributed by atoms with Crippen LogP contribution in [0.5, 0.6) is 0 Å². The Bertz CT molecular complexity index is 323. The van der Waals surface area contributed by atoms with Crippen LogP contribution in [0.4, 0.5) is 0 Å². The third kappa shape index (κ3) is 2.42. The van der Waals surface area contributed by atoms with Crippen molar-refractivity contribution in [1.82, 2.24) is 5.32 Å². The second kappa shape index (κ2) is 4.37. The number of nitrogens with two attached hydrogens (primary N) is 1. The highest BCUT2D eigenvalue weighted by Crippen LogP contribution is 2.18. The first-order chi connectivity index (χ1) is 6.84. The summed E-state index contributed by atoms with van der Waals surface area (Å²) in [7, 11) is 0. The maximum absolute atomic E-state index is 5.52. The molecule has 0 aromatic heterocycles. The first-order valence-corrected chi connectivity index (χ1v) is 5.57. The number of thioether (sulfide) groups is 1. The molecule has 4 heteroatoms. The largest absolute Gasteiger partial charge is 0.370 e. The Morgan fingerprint density at radius 1 is 1.43 bits per heavy atom. The van der Waals surface area contributed by atoms with Gasteiger partial charge in [0.25, 0.3) is 0 Å². The smallest absolute Gasteiger partial charge is 0.188 e. The van der Waals surface area contributed by atoms with E-state index in [0.29, 0.717) is 12.0 Å². The van der Waals surface area contributed by atoms with Gasteiger partial charge in [0.15, 0.2) is 5.96 Å². The molecule has 0 aliphatic carbocycles. The fourth-order valence-electron chi connectivity index (χ4n) is 1.32. The van der Waals surface area contributed by atoms with Gasteiger partial charge in [-0.15, -0.1) is 11.8 Å². The van der Waals surface area contributed by atoms with Crippen LogP contribution >= 0.6 is 11.8 Å². The maximum Gasteiger partial charge on any atom is 0.188 e. The number of hydrogen-bond donors (Lipinski definition) is 2. The number of benzene rings is 1. The van der Waals surface area contributed by atoms with Gasteiger partial charge in [-0.05, 0) is 12.1 Å². The average molecular weight is 207 g/mol. The van der Waals surface area contributed by atoms with E-state index in [9.17, 15) is 0 Å². The number of guanidine groups is 1. The average Bonchev–Trinajstić information content (AvgIpc) is 2.63. The van der Waals surface area contributed by atoms with E-state index in [1.807, 2.05) is 17.8 Å². The van der Waals surface area contributed by atoms with Gasteiger partial charge in [-0.1, -0.05) is 18.2 Å². The molecule has 14 heavy (non-hydrogen) atoms. The van der Waals surface area contributed by atoms with Crippen LogP contribution in [0.3, 0.4) is 0 Å². The summed E-state index contributed by atoms with van der Waals surface area (Å²) in [6, 6.07) is 10.7. The fraction of sp³-hybridized carbons (Fsp3) is 0.300. The lowest BCUT2D eigenvalue weighted by Crippen LogP contribution is -2.36. The van der Waals surface area contributed by atoms with Crippen molar-refractivity contribution in [1.29, 1.82) is 0 Å². The lowest BCUT2D eigenvalue weighted by atomic mass is 10.4. The number of hydrogen-bond acceptors (Lipinski definition) is 4. The minimum absolute atomic E-state index is 0.389. The Kier molecular flexibility index (Phi) is 2.93. The van der Waals surface area contributed by atoms with Crippen LogP contribution in [-0.4, -0.2) is 24.3 Å². The summed E-state index contributed by atoms with van der Waals surface area (Å²) >= 11 is 1.83.